The molecular formula is C2H7FO3. The molecule has 0 fully saturated rings. The van der Waals surface area contributed by atoms with Gasteiger partial charge in [-0.25, -0.2) is 9.78 Å². The van der Waals surface area contributed by atoms with Crippen molar-refractivity contribution < 1.29 is 19.5 Å². The second-order valence-electron chi connectivity index (χ2n) is 0.401. The van der Waals surface area contributed by atoms with Gasteiger partial charge in [-0.05, 0) is 0 Å². The summed E-state index contributed by atoms with van der Waals surface area (Å²) in [6.45, 7) is 0. The second kappa shape index (κ2) is 8.84. The van der Waals surface area contributed by atoms with Gasteiger partial charge >= 0.3 is 0 Å². The minimum absolute atomic E-state index is 0. The molecule has 0 amide bonds. The maximum atomic E-state index is 3.97. The third kappa shape index (κ3) is 9.18. The molecule has 0 aromatic carbocycles. The molecule has 0 radical (unpaired) electrons. The van der Waals surface area contributed by atoms with Crippen LogP contribution in [-0.2, 0) is 14.8 Å². The van der Waals surface area contributed by atoms with Gasteiger partial charge in [-0.15, -0.1) is 0 Å². The molecule has 0 aliphatic rings. The average Bonchev–Trinajstić information content (AvgIpc) is 1.41. The SMILES string of the molecule is COOOC.F. The van der Waals surface area contributed by atoms with Gasteiger partial charge in [-0.1, -0.05) is 5.04 Å². The van der Waals surface area contributed by atoms with Crippen LogP contribution in [0.5, 0.6) is 0 Å². The molecule has 0 aliphatic carbocycles. The predicted molar refractivity (Wildman–Crippen MR) is 17.6 cm³/mol. The van der Waals surface area contributed by atoms with Crippen molar-refractivity contribution in [2.75, 3.05) is 14.2 Å². The Balaban J connectivity index is 0. The summed E-state index contributed by atoms with van der Waals surface area (Å²) in [6.07, 6.45) is 0. The molecule has 3 nitrogen and oxygen atoms in total. The third-order valence-electron chi connectivity index (χ3n) is 0.136. The van der Waals surface area contributed by atoms with Gasteiger partial charge in [0.25, 0.3) is 0 Å². The number of rotatable bonds is 2. The zero-order chi connectivity index (χ0) is 4.12. The Morgan fingerprint density at radius 1 is 1.00 bits per heavy atom. The van der Waals surface area contributed by atoms with Crippen molar-refractivity contribution in [3.63, 3.8) is 0 Å². The van der Waals surface area contributed by atoms with E-state index in [1.165, 1.54) is 14.2 Å². The normalized spacial score (nSPS) is 7.00. The summed E-state index contributed by atoms with van der Waals surface area (Å²) in [6, 6.07) is 0. The summed E-state index contributed by atoms with van der Waals surface area (Å²) < 4.78 is 0. The molecule has 4 heteroatoms. The highest BCUT2D eigenvalue weighted by Crippen LogP contribution is 1.64. The van der Waals surface area contributed by atoms with E-state index in [-0.39, 0.29) is 4.70 Å². The highest BCUT2D eigenvalue weighted by Gasteiger charge is 1.62. The Labute approximate surface area is 35.0 Å². The summed E-state index contributed by atoms with van der Waals surface area (Å²) in [5.74, 6) is 0. The number of halogens is 1. The van der Waals surface area contributed by atoms with Gasteiger partial charge in [0, 0.05) is 0 Å². The Morgan fingerprint density at radius 2 is 1.33 bits per heavy atom. The minimum atomic E-state index is 0. The molecule has 0 heterocycles. The number of hydrogen-bond donors (Lipinski definition) is 0. The largest absolute Gasteiger partial charge is 0.269 e. The molecule has 0 rings (SSSR count). The average molecular weight is 98.1 g/mol. The molecule has 0 unspecified atom stereocenters. The lowest BCUT2D eigenvalue weighted by Gasteiger charge is -1.85. The smallest absolute Gasteiger partial charge is 0.0744 e. The van der Waals surface area contributed by atoms with Crippen LogP contribution in [0.2, 0.25) is 0 Å². The fourth-order valence-corrected chi connectivity index (χ4v) is 0.0680. The molecule has 0 N–H and O–H groups in total. The Morgan fingerprint density at radius 3 is 1.33 bits per heavy atom. The minimum Gasteiger partial charge on any atom is -0.269 e. The van der Waals surface area contributed by atoms with Crippen LogP contribution in [0.3, 0.4) is 0 Å². The monoisotopic (exact) mass is 98.0 g/mol. The maximum Gasteiger partial charge on any atom is 0.0744 e. The van der Waals surface area contributed by atoms with E-state index >= 15 is 0 Å². The van der Waals surface area contributed by atoms with Crippen molar-refractivity contribution in [1.29, 1.82) is 0 Å². The van der Waals surface area contributed by atoms with E-state index in [9.17, 15) is 0 Å². The zero-order valence-corrected chi connectivity index (χ0v) is 3.63. The number of hydrogen-bond acceptors (Lipinski definition) is 3. The van der Waals surface area contributed by atoms with Crippen molar-refractivity contribution in [1.82, 2.24) is 0 Å². The highest BCUT2D eigenvalue weighted by atomic mass is 19.0. The van der Waals surface area contributed by atoms with Crippen LogP contribution in [-0.4, -0.2) is 14.2 Å². The quantitative estimate of drug-likeness (QED) is 0.366. The molecule has 0 atom stereocenters. The first-order valence-electron chi connectivity index (χ1n) is 1.15. The molecule has 6 heavy (non-hydrogen) atoms. The predicted octanol–water partition coefficient (Wildman–Crippen LogP) is 0.278. The first kappa shape index (κ1) is 9.26. The standard InChI is InChI=1S/C2H6O3.FH/c1-3-5-4-2;/h1-2H3;1H. The molecule has 0 aromatic heterocycles. The van der Waals surface area contributed by atoms with Gasteiger partial charge in [-0.3, -0.25) is 4.70 Å². The summed E-state index contributed by atoms with van der Waals surface area (Å²) >= 11 is 0. The van der Waals surface area contributed by atoms with E-state index in [2.05, 4.69) is 14.8 Å². The van der Waals surface area contributed by atoms with Crippen LogP contribution >= 0.6 is 0 Å². The Hall–Kier alpha value is -0.190. The van der Waals surface area contributed by atoms with Crippen molar-refractivity contribution in [2.24, 2.45) is 0 Å². The van der Waals surface area contributed by atoms with Crippen LogP contribution in [0.15, 0.2) is 0 Å². The lowest BCUT2D eigenvalue weighted by atomic mass is 11.7. The van der Waals surface area contributed by atoms with Crippen LogP contribution in [0.1, 0.15) is 0 Å². The topological polar surface area (TPSA) is 27.7 Å². The Kier molecular flexibility index (Phi) is 13.6. The van der Waals surface area contributed by atoms with Crippen molar-refractivity contribution in [3.8, 4) is 0 Å². The van der Waals surface area contributed by atoms with Crippen LogP contribution < -0.4 is 0 Å². The van der Waals surface area contributed by atoms with E-state index in [4.69, 9.17) is 0 Å². The van der Waals surface area contributed by atoms with Gasteiger partial charge < -0.3 is 0 Å². The van der Waals surface area contributed by atoms with Crippen LogP contribution in [0.25, 0.3) is 0 Å². The highest BCUT2D eigenvalue weighted by molar-refractivity contribution is 3.43. The summed E-state index contributed by atoms with van der Waals surface area (Å²) in [5.41, 5.74) is 0. The van der Waals surface area contributed by atoms with Crippen LogP contribution in [0, 0.1) is 0 Å². The zero-order valence-electron chi connectivity index (χ0n) is 3.63. The molecule has 0 bridgehead atoms. The molecule has 0 aromatic rings. The van der Waals surface area contributed by atoms with Gasteiger partial charge in [0.1, 0.15) is 0 Å². The molecule has 0 saturated heterocycles. The molecule has 40 valence electrons. The fourth-order valence-electron chi connectivity index (χ4n) is 0.0680. The molecule has 0 saturated carbocycles. The summed E-state index contributed by atoms with van der Waals surface area (Å²) in [4.78, 5) is 7.94. The van der Waals surface area contributed by atoms with E-state index in [1.807, 2.05) is 0 Å². The summed E-state index contributed by atoms with van der Waals surface area (Å²) in [7, 11) is 2.73. The van der Waals surface area contributed by atoms with E-state index in [0.29, 0.717) is 0 Å². The van der Waals surface area contributed by atoms with E-state index in [1.54, 1.807) is 0 Å². The van der Waals surface area contributed by atoms with Gasteiger partial charge in [-0.2, -0.15) is 0 Å². The van der Waals surface area contributed by atoms with Crippen LogP contribution in [0.4, 0.5) is 4.70 Å². The van der Waals surface area contributed by atoms with Gasteiger partial charge in [0.05, 0.1) is 14.2 Å². The van der Waals surface area contributed by atoms with Gasteiger partial charge in [0.2, 0.25) is 0 Å². The Bertz CT molecular complexity index is 16.3. The molecule has 0 aliphatic heterocycles. The van der Waals surface area contributed by atoms with Crippen molar-refractivity contribution in [3.05, 3.63) is 0 Å². The first-order chi connectivity index (χ1) is 2.41. The third-order valence-corrected chi connectivity index (χ3v) is 0.136. The van der Waals surface area contributed by atoms with Crippen molar-refractivity contribution >= 4 is 0 Å². The lowest BCUT2D eigenvalue weighted by molar-refractivity contribution is -0.491. The maximum absolute atomic E-state index is 3.97. The summed E-state index contributed by atoms with van der Waals surface area (Å²) in [5, 5.41) is 3.83. The first-order valence-corrected chi connectivity index (χ1v) is 1.15. The lowest BCUT2D eigenvalue weighted by Crippen LogP contribution is -1.82. The van der Waals surface area contributed by atoms with Crippen molar-refractivity contribution in [2.45, 2.75) is 0 Å². The van der Waals surface area contributed by atoms with Gasteiger partial charge in [0.15, 0.2) is 0 Å². The van der Waals surface area contributed by atoms with E-state index in [0.717, 1.165) is 0 Å². The molecular weight excluding hydrogens is 91.0 g/mol. The molecule has 0 spiro atoms. The second-order valence-corrected chi connectivity index (χ2v) is 0.401. The fraction of sp³-hybridized carbons (Fsp3) is 1.00. The van der Waals surface area contributed by atoms with E-state index < -0.39 is 0 Å².